The number of rotatable bonds is 4. The van der Waals surface area contributed by atoms with Crippen molar-refractivity contribution in [2.75, 3.05) is 6.61 Å². The van der Waals surface area contributed by atoms with Gasteiger partial charge in [0.1, 0.15) is 0 Å². The molecule has 1 aliphatic heterocycles. The Hall–Kier alpha value is 0.300. The average molecular weight is 278 g/mol. The minimum atomic E-state index is -1.08. The second-order valence-corrected chi connectivity index (χ2v) is 4.76. The maximum absolute atomic E-state index is 10.2. The Morgan fingerprint density at radius 3 is 2.20 bits per heavy atom. The van der Waals surface area contributed by atoms with Crippen molar-refractivity contribution in [2.24, 2.45) is 0 Å². The first-order valence-electron chi connectivity index (χ1n) is 4.73. The van der Waals surface area contributed by atoms with Crippen LogP contribution in [0.2, 0.25) is 0 Å². The van der Waals surface area contributed by atoms with Gasteiger partial charge in [0.15, 0.2) is 5.56 Å². The van der Waals surface area contributed by atoms with Crippen LogP contribution in [0.5, 0.6) is 0 Å². The summed E-state index contributed by atoms with van der Waals surface area (Å²) >= 11 is 15.6. The molecule has 1 fully saturated rings. The summed E-state index contributed by atoms with van der Waals surface area (Å²) in [5.41, 5.74) is -0.499. The topological polar surface area (TPSA) is 38.8 Å². The highest BCUT2D eigenvalue weighted by atomic mass is 35.5. The average Bonchev–Trinajstić information content (AvgIpc) is 2.66. The molecule has 0 spiro atoms. The SMILES string of the molecule is CCCCCOC(C)=O.ClC1OC1(Cl)Cl. The summed E-state index contributed by atoms with van der Waals surface area (Å²) in [4.78, 5) is 10.2. The highest BCUT2D eigenvalue weighted by molar-refractivity contribution is 6.53. The van der Waals surface area contributed by atoms with E-state index in [4.69, 9.17) is 39.5 Å². The fourth-order valence-electron chi connectivity index (χ4n) is 0.672. The van der Waals surface area contributed by atoms with E-state index in [0.717, 1.165) is 12.8 Å². The molecular formula is C9H15Cl3O3. The van der Waals surface area contributed by atoms with Crippen molar-refractivity contribution in [3.05, 3.63) is 0 Å². The molecule has 0 radical (unpaired) electrons. The molecule has 1 saturated heterocycles. The van der Waals surface area contributed by atoms with Crippen LogP contribution in [0.15, 0.2) is 0 Å². The molecule has 0 N–H and O–H groups in total. The highest BCUT2D eigenvalue weighted by Crippen LogP contribution is 2.46. The Morgan fingerprint density at radius 2 is 1.93 bits per heavy atom. The van der Waals surface area contributed by atoms with Crippen molar-refractivity contribution in [2.45, 2.75) is 43.2 Å². The zero-order chi connectivity index (χ0) is 11.9. The molecule has 0 amide bonds. The summed E-state index contributed by atoms with van der Waals surface area (Å²) in [6, 6.07) is 0. The Kier molecular flexibility index (Phi) is 7.70. The van der Waals surface area contributed by atoms with Gasteiger partial charge >= 0.3 is 5.97 Å². The Bertz CT molecular complexity index is 197. The number of carbonyl (C=O) groups excluding carboxylic acids is 1. The van der Waals surface area contributed by atoms with Crippen LogP contribution in [0, 0.1) is 0 Å². The van der Waals surface area contributed by atoms with Crippen molar-refractivity contribution >= 4 is 40.8 Å². The van der Waals surface area contributed by atoms with Gasteiger partial charge in [-0.15, -0.1) is 0 Å². The smallest absolute Gasteiger partial charge is 0.302 e. The van der Waals surface area contributed by atoms with Crippen LogP contribution >= 0.6 is 34.8 Å². The molecule has 1 atom stereocenters. The third-order valence-corrected chi connectivity index (χ3v) is 2.72. The molecule has 6 heteroatoms. The van der Waals surface area contributed by atoms with Crippen molar-refractivity contribution < 1.29 is 14.3 Å². The molecule has 1 unspecified atom stereocenters. The number of unbranched alkanes of at least 4 members (excludes halogenated alkanes) is 2. The maximum Gasteiger partial charge on any atom is 0.302 e. The van der Waals surface area contributed by atoms with E-state index < -0.39 is 10.1 Å². The van der Waals surface area contributed by atoms with Crippen LogP contribution in [0.25, 0.3) is 0 Å². The molecule has 1 aliphatic rings. The normalized spacial score (nSPS) is 21.3. The number of halogens is 3. The number of alkyl halides is 3. The van der Waals surface area contributed by atoms with Crippen LogP contribution in [-0.4, -0.2) is 22.7 Å². The number of carbonyl (C=O) groups is 1. The molecule has 1 heterocycles. The molecule has 0 aromatic carbocycles. The Morgan fingerprint density at radius 1 is 1.47 bits per heavy atom. The second kappa shape index (κ2) is 7.55. The largest absolute Gasteiger partial charge is 0.466 e. The van der Waals surface area contributed by atoms with E-state index >= 15 is 0 Å². The third kappa shape index (κ3) is 9.24. The monoisotopic (exact) mass is 276 g/mol. The molecular weight excluding hydrogens is 262 g/mol. The van der Waals surface area contributed by atoms with Crippen molar-refractivity contribution in [1.82, 2.24) is 0 Å². The molecule has 15 heavy (non-hydrogen) atoms. The number of ether oxygens (including phenoxy) is 2. The van der Waals surface area contributed by atoms with Gasteiger partial charge in [-0.3, -0.25) is 4.79 Å². The van der Waals surface area contributed by atoms with Crippen molar-refractivity contribution in [3.8, 4) is 0 Å². The third-order valence-electron chi connectivity index (χ3n) is 1.52. The van der Waals surface area contributed by atoms with Crippen LogP contribution in [-0.2, 0) is 14.3 Å². The number of hydrogen-bond acceptors (Lipinski definition) is 3. The summed E-state index contributed by atoms with van der Waals surface area (Å²) in [6.45, 7) is 4.14. The summed E-state index contributed by atoms with van der Waals surface area (Å²) in [6.07, 6.45) is 3.31. The predicted molar refractivity (Wildman–Crippen MR) is 61.3 cm³/mol. The lowest BCUT2D eigenvalue weighted by Gasteiger charge is -1.98. The van der Waals surface area contributed by atoms with E-state index in [1.54, 1.807) is 0 Å². The first-order chi connectivity index (χ1) is 6.90. The van der Waals surface area contributed by atoms with Gasteiger partial charge in [0.2, 0.25) is 0 Å². The van der Waals surface area contributed by atoms with Gasteiger partial charge < -0.3 is 9.47 Å². The number of esters is 1. The molecule has 0 saturated carbocycles. The fraction of sp³-hybridized carbons (Fsp3) is 0.889. The second-order valence-electron chi connectivity index (χ2n) is 3.04. The standard InChI is InChI=1S/C7H14O2.C2HCl3O/c1-3-4-5-6-9-7(2)8;3-1-2(4,5)6-1/h3-6H2,1-2H3;1H. The molecule has 1 rings (SSSR count). The Balaban J connectivity index is 0.000000280. The molecule has 3 nitrogen and oxygen atoms in total. The van der Waals surface area contributed by atoms with Crippen LogP contribution in [0.4, 0.5) is 0 Å². The van der Waals surface area contributed by atoms with Crippen LogP contribution < -0.4 is 0 Å². The zero-order valence-corrected chi connectivity index (χ0v) is 11.0. The molecule has 0 aliphatic carbocycles. The van der Waals surface area contributed by atoms with E-state index in [-0.39, 0.29) is 5.97 Å². The van der Waals surface area contributed by atoms with E-state index in [9.17, 15) is 4.79 Å². The van der Waals surface area contributed by atoms with Gasteiger partial charge in [-0.25, -0.2) is 0 Å². The molecule has 0 aromatic heterocycles. The lowest BCUT2D eigenvalue weighted by molar-refractivity contribution is -0.141. The summed E-state index contributed by atoms with van der Waals surface area (Å²) in [5.74, 6) is -0.175. The van der Waals surface area contributed by atoms with Gasteiger partial charge in [-0.05, 0) is 6.42 Å². The summed E-state index contributed by atoms with van der Waals surface area (Å²) < 4.78 is 8.02. The van der Waals surface area contributed by atoms with E-state index in [0.29, 0.717) is 6.61 Å². The molecule has 0 bridgehead atoms. The quantitative estimate of drug-likeness (QED) is 0.342. The van der Waals surface area contributed by atoms with Crippen molar-refractivity contribution in [3.63, 3.8) is 0 Å². The summed E-state index contributed by atoms with van der Waals surface area (Å²) in [5, 5.41) is 0. The van der Waals surface area contributed by atoms with Crippen molar-refractivity contribution in [1.29, 1.82) is 0 Å². The van der Waals surface area contributed by atoms with Gasteiger partial charge in [0, 0.05) is 6.92 Å². The van der Waals surface area contributed by atoms with E-state index in [2.05, 4.69) is 11.7 Å². The lowest BCUT2D eigenvalue weighted by Crippen LogP contribution is -1.99. The highest BCUT2D eigenvalue weighted by Gasteiger charge is 2.53. The summed E-state index contributed by atoms with van der Waals surface area (Å²) in [7, 11) is 0. The Labute approximate surface area is 105 Å². The van der Waals surface area contributed by atoms with Crippen LogP contribution in [0.1, 0.15) is 33.1 Å². The maximum atomic E-state index is 10.2. The lowest BCUT2D eigenvalue weighted by atomic mass is 10.3. The first kappa shape index (κ1) is 15.3. The zero-order valence-electron chi connectivity index (χ0n) is 8.76. The molecule has 0 aromatic rings. The molecule has 90 valence electrons. The van der Waals surface area contributed by atoms with E-state index in [1.807, 2.05) is 0 Å². The van der Waals surface area contributed by atoms with E-state index in [1.165, 1.54) is 13.3 Å². The van der Waals surface area contributed by atoms with Gasteiger partial charge in [-0.2, -0.15) is 0 Å². The fourth-order valence-corrected chi connectivity index (χ4v) is 1.08. The minimum Gasteiger partial charge on any atom is -0.466 e. The predicted octanol–water partition coefficient (Wildman–Crippen LogP) is 3.45. The number of epoxide rings is 1. The first-order valence-corrected chi connectivity index (χ1v) is 5.92. The minimum absolute atomic E-state index is 0.175. The number of hydrogen-bond donors (Lipinski definition) is 0. The van der Waals surface area contributed by atoms with Crippen LogP contribution in [0.3, 0.4) is 0 Å². The van der Waals surface area contributed by atoms with Gasteiger partial charge in [0.05, 0.1) is 6.61 Å². The van der Waals surface area contributed by atoms with Gasteiger partial charge in [0.25, 0.3) is 4.52 Å². The van der Waals surface area contributed by atoms with Gasteiger partial charge in [-0.1, -0.05) is 54.6 Å².